The van der Waals surface area contributed by atoms with Crippen LogP contribution in [0.1, 0.15) is 15.9 Å². The van der Waals surface area contributed by atoms with Crippen LogP contribution in [0.2, 0.25) is 0 Å². The first kappa shape index (κ1) is 26.2. The van der Waals surface area contributed by atoms with Crippen molar-refractivity contribution in [3.63, 3.8) is 0 Å². The molecule has 4 aromatic rings. The molecule has 1 heterocycles. The summed E-state index contributed by atoms with van der Waals surface area (Å²) in [6.07, 6.45) is 3.43. The summed E-state index contributed by atoms with van der Waals surface area (Å²) in [4.78, 5) is 32.4. The fourth-order valence-electron chi connectivity index (χ4n) is 3.98. The van der Waals surface area contributed by atoms with Gasteiger partial charge in [0.05, 0.1) is 25.6 Å². The van der Waals surface area contributed by atoms with Crippen LogP contribution in [0.25, 0.3) is 16.9 Å². The number of carbonyl (C=O) groups is 2. The third kappa shape index (κ3) is 5.92. The molecule has 0 radical (unpaired) electrons. The molecule has 0 saturated carbocycles. The number of anilines is 1. The normalized spacial score (nSPS) is 10.5. The van der Waals surface area contributed by atoms with Crippen molar-refractivity contribution in [2.24, 2.45) is 0 Å². The van der Waals surface area contributed by atoms with Gasteiger partial charge in [-0.05, 0) is 31.2 Å². The van der Waals surface area contributed by atoms with E-state index >= 15 is 0 Å². The molecule has 0 spiro atoms. The molecule has 0 atom stereocenters. The standard InChI is InChI=1S/C30H30N4O4/c1-5-17-33(29(36)23-13-11-21(2)12-14-23)20-28(35)32-30-31-25(22-9-7-6-8-10-22)19-34(30)24-15-16-26(37-3)27(18-24)38-4/h5-16,18-19H,1,17,20H2,2-4H3,(H,31,32,35). The molecule has 0 aliphatic carbocycles. The Morgan fingerprint density at radius 3 is 2.37 bits per heavy atom. The molecular formula is C30H30N4O4. The van der Waals surface area contributed by atoms with Crippen LogP contribution < -0.4 is 14.8 Å². The van der Waals surface area contributed by atoms with Crippen LogP contribution >= 0.6 is 0 Å². The van der Waals surface area contributed by atoms with Crippen molar-refractivity contribution >= 4 is 17.8 Å². The number of ether oxygens (including phenoxy) is 2. The van der Waals surface area contributed by atoms with Gasteiger partial charge in [0.1, 0.15) is 6.54 Å². The van der Waals surface area contributed by atoms with Crippen LogP contribution in [-0.4, -0.2) is 53.6 Å². The van der Waals surface area contributed by atoms with Gasteiger partial charge in [-0.2, -0.15) is 0 Å². The number of methoxy groups -OCH3 is 2. The summed E-state index contributed by atoms with van der Waals surface area (Å²) in [7, 11) is 3.13. The van der Waals surface area contributed by atoms with E-state index in [1.165, 1.54) is 4.90 Å². The topological polar surface area (TPSA) is 85.7 Å². The Morgan fingerprint density at radius 2 is 1.71 bits per heavy atom. The second-order valence-corrected chi connectivity index (χ2v) is 8.61. The summed E-state index contributed by atoms with van der Waals surface area (Å²) in [6, 6.07) is 22.3. The SMILES string of the molecule is C=CCN(CC(=O)Nc1nc(-c2ccccc2)cn1-c1ccc(OC)c(OC)c1)C(=O)c1ccc(C)cc1. The average molecular weight is 511 g/mol. The maximum absolute atomic E-state index is 13.2. The third-order valence-corrected chi connectivity index (χ3v) is 5.94. The number of nitrogens with zero attached hydrogens (tertiary/aromatic N) is 3. The van der Waals surface area contributed by atoms with Gasteiger partial charge < -0.3 is 14.4 Å². The molecule has 0 aliphatic rings. The number of imidazole rings is 1. The fourth-order valence-corrected chi connectivity index (χ4v) is 3.98. The lowest BCUT2D eigenvalue weighted by molar-refractivity contribution is -0.116. The molecule has 4 rings (SSSR count). The number of nitrogens with one attached hydrogen (secondary N) is 1. The Morgan fingerprint density at radius 1 is 1.00 bits per heavy atom. The molecule has 0 saturated heterocycles. The van der Waals surface area contributed by atoms with Crippen molar-refractivity contribution < 1.29 is 19.1 Å². The monoisotopic (exact) mass is 510 g/mol. The van der Waals surface area contributed by atoms with E-state index in [9.17, 15) is 9.59 Å². The number of benzene rings is 3. The molecule has 194 valence electrons. The zero-order chi connectivity index (χ0) is 27.1. The van der Waals surface area contributed by atoms with E-state index in [-0.39, 0.29) is 24.9 Å². The van der Waals surface area contributed by atoms with Gasteiger partial charge in [-0.1, -0.05) is 54.1 Å². The number of rotatable bonds is 10. The van der Waals surface area contributed by atoms with Crippen molar-refractivity contribution in [3.05, 3.63) is 103 Å². The maximum Gasteiger partial charge on any atom is 0.254 e. The van der Waals surface area contributed by atoms with E-state index in [2.05, 4.69) is 11.9 Å². The number of carbonyl (C=O) groups excluding carboxylic acids is 2. The molecular weight excluding hydrogens is 480 g/mol. The van der Waals surface area contributed by atoms with Gasteiger partial charge in [-0.15, -0.1) is 6.58 Å². The van der Waals surface area contributed by atoms with Gasteiger partial charge in [0.2, 0.25) is 11.9 Å². The van der Waals surface area contributed by atoms with Crippen LogP contribution in [-0.2, 0) is 4.79 Å². The van der Waals surface area contributed by atoms with Crippen molar-refractivity contribution in [3.8, 4) is 28.4 Å². The van der Waals surface area contributed by atoms with E-state index in [1.807, 2.05) is 61.7 Å². The number of aromatic nitrogens is 2. The number of hydrogen-bond donors (Lipinski definition) is 1. The summed E-state index contributed by atoms with van der Waals surface area (Å²) < 4.78 is 12.6. The van der Waals surface area contributed by atoms with E-state index in [0.717, 1.165) is 11.1 Å². The smallest absolute Gasteiger partial charge is 0.254 e. The van der Waals surface area contributed by atoms with Crippen LogP contribution in [0.15, 0.2) is 91.6 Å². The Bertz CT molecular complexity index is 1430. The van der Waals surface area contributed by atoms with Crippen molar-refractivity contribution in [2.45, 2.75) is 6.92 Å². The summed E-state index contributed by atoms with van der Waals surface area (Å²) in [5.41, 5.74) is 3.83. The molecule has 0 fully saturated rings. The van der Waals surface area contributed by atoms with Gasteiger partial charge in [-0.25, -0.2) is 4.98 Å². The van der Waals surface area contributed by atoms with E-state index in [4.69, 9.17) is 14.5 Å². The fraction of sp³-hybridized carbons (Fsp3) is 0.167. The molecule has 3 aromatic carbocycles. The molecule has 38 heavy (non-hydrogen) atoms. The Kier molecular flexibility index (Phi) is 8.23. The van der Waals surface area contributed by atoms with Crippen LogP contribution in [0.3, 0.4) is 0 Å². The minimum absolute atomic E-state index is 0.168. The van der Waals surface area contributed by atoms with Gasteiger partial charge in [-0.3, -0.25) is 19.5 Å². The molecule has 2 amide bonds. The summed E-state index contributed by atoms with van der Waals surface area (Å²) in [5.74, 6) is 0.785. The second kappa shape index (κ2) is 11.9. The average Bonchev–Trinajstić information content (AvgIpc) is 3.36. The lowest BCUT2D eigenvalue weighted by atomic mass is 10.1. The van der Waals surface area contributed by atoms with Crippen LogP contribution in [0.4, 0.5) is 5.95 Å². The predicted octanol–water partition coefficient (Wildman–Crippen LogP) is 5.13. The first-order valence-electron chi connectivity index (χ1n) is 12.1. The van der Waals surface area contributed by atoms with Gasteiger partial charge in [0, 0.05) is 29.9 Å². The lowest BCUT2D eigenvalue weighted by Crippen LogP contribution is -2.38. The highest BCUT2D eigenvalue weighted by Crippen LogP contribution is 2.31. The third-order valence-electron chi connectivity index (χ3n) is 5.94. The first-order chi connectivity index (χ1) is 18.4. The number of aryl methyl sites for hydroxylation is 1. The largest absolute Gasteiger partial charge is 0.493 e. The Labute approximate surface area is 222 Å². The first-order valence-corrected chi connectivity index (χ1v) is 12.1. The van der Waals surface area contributed by atoms with Gasteiger partial charge in [0.15, 0.2) is 11.5 Å². The molecule has 1 aromatic heterocycles. The second-order valence-electron chi connectivity index (χ2n) is 8.61. The number of amides is 2. The van der Waals surface area contributed by atoms with Crippen LogP contribution in [0.5, 0.6) is 11.5 Å². The predicted molar refractivity (Wildman–Crippen MR) is 148 cm³/mol. The maximum atomic E-state index is 13.2. The summed E-state index contributed by atoms with van der Waals surface area (Å²) in [5, 5.41) is 2.88. The zero-order valence-corrected chi connectivity index (χ0v) is 21.7. The number of hydrogen-bond acceptors (Lipinski definition) is 5. The van der Waals surface area contributed by atoms with Gasteiger partial charge >= 0.3 is 0 Å². The van der Waals surface area contributed by atoms with Crippen LogP contribution in [0, 0.1) is 6.92 Å². The van der Waals surface area contributed by atoms with Crippen molar-refractivity contribution in [2.75, 3.05) is 32.6 Å². The minimum atomic E-state index is -0.390. The summed E-state index contributed by atoms with van der Waals surface area (Å²) in [6.45, 7) is 5.74. The van der Waals surface area contributed by atoms with Crippen molar-refractivity contribution in [1.82, 2.24) is 14.5 Å². The lowest BCUT2D eigenvalue weighted by Gasteiger charge is -2.21. The van der Waals surface area contributed by atoms with Crippen molar-refractivity contribution in [1.29, 1.82) is 0 Å². The Hall–Kier alpha value is -4.85. The van der Waals surface area contributed by atoms with E-state index in [1.54, 1.807) is 49.1 Å². The van der Waals surface area contributed by atoms with E-state index in [0.29, 0.717) is 34.4 Å². The highest BCUT2D eigenvalue weighted by Gasteiger charge is 2.20. The zero-order valence-electron chi connectivity index (χ0n) is 21.7. The highest BCUT2D eigenvalue weighted by atomic mass is 16.5. The van der Waals surface area contributed by atoms with E-state index < -0.39 is 0 Å². The Balaban J connectivity index is 1.64. The minimum Gasteiger partial charge on any atom is -0.493 e. The molecule has 8 heteroatoms. The molecule has 0 unspecified atom stereocenters. The highest BCUT2D eigenvalue weighted by molar-refractivity contribution is 5.99. The molecule has 1 N–H and O–H groups in total. The molecule has 0 aliphatic heterocycles. The summed E-state index contributed by atoms with van der Waals surface area (Å²) >= 11 is 0. The molecule has 0 bridgehead atoms. The molecule has 8 nitrogen and oxygen atoms in total. The quantitative estimate of drug-likeness (QED) is 0.299. The van der Waals surface area contributed by atoms with Gasteiger partial charge in [0.25, 0.3) is 5.91 Å².